The average Bonchev–Trinajstić information content (AvgIpc) is 3.22. The summed E-state index contributed by atoms with van der Waals surface area (Å²) in [6.45, 7) is 0. The number of nitrogens with zero attached hydrogens (tertiary/aromatic N) is 2. The van der Waals surface area contributed by atoms with E-state index in [0.717, 1.165) is 24.2 Å². The number of carbonyl (C=O) groups excluding carboxylic acids is 1. The largest absolute Gasteiger partial charge is 0.503 e. The van der Waals surface area contributed by atoms with Crippen LogP contribution in [0, 0.1) is 0 Å². The highest BCUT2D eigenvalue weighted by Crippen LogP contribution is 2.23. The Balaban J connectivity index is 0.000000668. The van der Waals surface area contributed by atoms with Crippen molar-refractivity contribution < 1.29 is 29.1 Å². The van der Waals surface area contributed by atoms with Crippen molar-refractivity contribution in [3.05, 3.63) is 71.5 Å². The van der Waals surface area contributed by atoms with E-state index in [1.807, 2.05) is 42.5 Å². The molecule has 0 unspecified atom stereocenters. The fraction of sp³-hybridized carbons (Fsp3) is 0.304. The van der Waals surface area contributed by atoms with Gasteiger partial charge in [-0.15, -0.1) is 0 Å². The lowest BCUT2D eigenvalue weighted by Crippen LogP contribution is -2.19. The minimum absolute atomic E-state index is 0.0958. The number of ether oxygens (including phenoxy) is 1. The van der Waals surface area contributed by atoms with Gasteiger partial charge in [-0.1, -0.05) is 41.9 Å². The molecule has 168 valence electrons. The summed E-state index contributed by atoms with van der Waals surface area (Å²) in [5.41, 5.74) is 1.59. The number of anilines is 1. The molecule has 0 bridgehead atoms. The monoisotopic (exact) mass is 439 g/mol. The quantitative estimate of drug-likeness (QED) is 0.496. The van der Waals surface area contributed by atoms with Gasteiger partial charge < -0.3 is 19.5 Å². The number of benzene rings is 2. The normalized spacial score (nSPS) is 13.5. The number of hydrogen-bond donors (Lipinski definition) is 3. The Morgan fingerprint density at radius 3 is 2.31 bits per heavy atom. The number of hydrogen-bond acceptors (Lipinski definition) is 6. The number of aromatic nitrogens is 2. The summed E-state index contributed by atoms with van der Waals surface area (Å²) in [6.07, 6.45) is 4.95. The molecule has 1 aliphatic carbocycles. The minimum atomic E-state index is -1.83. The number of nitrogens with one attached hydrogen (secondary N) is 1. The van der Waals surface area contributed by atoms with Gasteiger partial charge in [0.05, 0.1) is 6.10 Å². The lowest BCUT2D eigenvalue weighted by atomic mass is 9.98. The second-order valence-corrected chi connectivity index (χ2v) is 7.32. The van der Waals surface area contributed by atoms with Crippen molar-refractivity contribution in [3.63, 3.8) is 0 Å². The molecule has 0 spiro atoms. The minimum Gasteiger partial charge on any atom is -0.490 e. The Morgan fingerprint density at radius 2 is 1.66 bits per heavy atom. The predicted octanol–water partition coefficient (Wildman–Crippen LogP) is 4.85. The van der Waals surface area contributed by atoms with Crippen LogP contribution in [0.25, 0.3) is 0 Å². The van der Waals surface area contributed by atoms with Crippen molar-refractivity contribution in [2.75, 3.05) is 5.32 Å². The van der Waals surface area contributed by atoms with Crippen LogP contribution in [0.2, 0.25) is 0 Å². The van der Waals surface area contributed by atoms with Crippen LogP contribution in [0.5, 0.6) is 5.75 Å². The third-order valence-corrected chi connectivity index (χ3v) is 4.87. The van der Waals surface area contributed by atoms with Crippen molar-refractivity contribution in [1.82, 2.24) is 10.1 Å². The smallest absolute Gasteiger partial charge is 0.490 e. The second-order valence-electron chi connectivity index (χ2n) is 7.32. The molecule has 1 saturated carbocycles. The summed E-state index contributed by atoms with van der Waals surface area (Å²) in [6, 6.07) is 17.1. The Kier molecular flexibility index (Phi) is 8.19. The van der Waals surface area contributed by atoms with E-state index in [0.29, 0.717) is 17.8 Å². The fourth-order valence-corrected chi connectivity index (χ4v) is 3.38. The Hall–Kier alpha value is -3.88. The summed E-state index contributed by atoms with van der Waals surface area (Å²) >= 11 is 0. The topological polar surface area (TPSA) is 135 Å². The summed E-state index contributed by atoms with van der Waals surface area (Å²) in [4.78, 5) is 25.2. The van der Waals surface area contributed by atoms with Crippen LogP contribution < -0.4 is 10.1 Å². The van der Waals surface area contributed by atoms with Crippen molar-refractivity contribution in [1.29, 1.82) is 0 Å². The van der Waals surface area contributed by atoms with E-state index in [-0.39, 0.29) is 18.0 Å². The van der Waals surface area contributed by atoms with Gasteiger partial charge in [0.1, 0.15) is 5.75 Å². The second kappa shape index (κ2) is 11.5. The van der Waals surface area contributed by atoms with Crippen LogP contribution >= 0.6 is 0 Å². The molecule has 0 atom stereocenters. The van der Waals surface area contributed by atoms with Gasteiger partial charge in [0.15, 0.2) is 5.82 Å². The summed E-state index contributed by atoms with van der Waals surface area (Å²) < 4.78 is 11.1. The average molecular weight is 439 g/mol. The standard InChI is InChI=1S/C22H23N3O3.CH2O3/c26-21(17-11-13-19(14-12-17)27-18-9-5-2-6-10-18)24-22-23-20(25-28-22)15-16-7-3-1-4-8-16;2-1(3)4/h1,3-4,7-8,11-14,18H,2,5-6,9-10,15H2,(H,23,24,25,26);(H2,2,3,4). The van der Waals surface area contributed by atoms with E-state index in [1.165, 1.54) is 19.3 Å². The van der Waals surface area contributed by atoms with Crippen LogP contribution in [0.1, 0.15) is 53.8 Å². The lowest BCUT2D eigenvalue weighted by molar-refractivity contribution is 0.102. The molecule has 9 heteroatoms. The van der Waals surface area contributed by atoms with Gasteiger partial charge in [0.2, 0.25) is 0 Å². The van der Waals surface area contributed by atoms with Gasteiger partial charge in [-0.2, -0.15) is 4.98 Å². The first-order valence-electron chi connectivity index (χ1n) is 10.4. The Labute approximate surface area is 185 Å². The van der Waals surface area contributed by atoms with E-state index < -0.39 is 6.16 Å². The lowest BCUT2D eigenvalue weighted by Gasteiger charge is -2.23. The van der Waals surface area contributed by atoms with Crippen molar-refractivity contribution in [2.45, 2.75) is 44.6 Å². The van der Waals surface area contributed by atoms with Crippen LogP contribution in [-0.2, 0) is 6.42 Å². The van der Waals surface area contributed by atoms with Gasteiger partial charge >= 0.3 is 12.2 Å². The van der Waals surface area contributed by atoms with E-state index in [9.17, 15) is 4.79 Å². The molecule has 1 aliphatic rings. The fourth-order valence-electron chi connectivity index (χ4n) is 3.38. The van der Waals surface area contributed by atoms with Crippen molar-refractivity contribution in [3.8, 4) is 5.75 Å². The molecule has 1 amide bonds. The Bertz CT molecular complexity index is 994. The highest BCUT2D eigenvalue weighted by molar-refractivity contribution is 6.03. The maximum atomic E-state index is 12.4. The predicted molar refractivity (Wildman–Crippen MR) is 116 cm³/mol. The van der Waals surface area contributed by atoms with Gasteiger partial charge in [-0.25, -0.2) is 4.79 Å². The van der Waals surface area contributed by atoms with Crippen molar-refractivity contribution in [2.24, 2.45) is 0 Å². The third-order valence-electron chi connectivity index (χ3n) is 4.87. The van der Waals surface area contributed by atoms with Crippen LogP contribution in [0.15, 0.2) is 59.1 Å². The summed E-state index contributed by atoms with van der Waals surface area (Å²) in [5.74, 6) is 1.03. The molecule has 3 N–H and O–H groups in total. The molecule has 4 rings (SSSR count). The Morgan fingerprint density at radius 1 is 1.00 bits per heavy atom. The maximum Gasteiger partial charge on any atom is 0.503 e. The number of amides is 1. The highest BCUT2D eigenvalue weighted by atomic mass is 16.6. The highest BCUT2D eigenvalue weighted by Gasteiger charge is 2.16. The van der Waals surface area contributed by atoms with E-state index >= 15 is 0 Å². The molecule has 3 aromatic rings. The van der Waals surface area contributed by atoms with Crippen LogP contribution in [0.4, 0.5) is 10.8 Å². The summed E-state index contributed by atoms with van der Waals surface area (Å²) in [7, 11) is 0. The number of rotatable bonds is 6. The summed E-state index contributed by atoms with van der Waals surface area (Å²) in [5, 5.41) is 20.5. The first-order valence-corrected chi connectivity index (χ1v) is 10.4. The van der Waals surface area contributed by atoms with Gasteiger partial charge in [-0.05, 0) is 55.5 Å². The molecule has 1 heterocycles. The van der Waals surface area contributed by atoms with Crippen LogP contribution in [0.3, 0.4) is 0 Å². The van der Waals surface area contributed by atoms with Gasteiger partial charge in [-0.3, -0.25) is 10.1 Å². The van der Waals surface area contributed by atoms with E-state index in [1.54, 1.807) is 12.1 Å². The van der Waals surface area contributed by atoms with E-state index in [4.69, 9.17) is 24.3 Å². The molecular weight excluding hydrogens is 414 g/mol. The zero-order valence-corrected chi connectivity index (χ0v) is 17.4. The molecule has 0 radical (unpaired) electrons. The molecular formula is C23H25N3O6. The molecule has 2 aromatic carbocycles. The molecule has 32 heavy (non-hydrogen) atoms. The number of carboxylic acid groups (broad SMARTS) is 2. The number of carbonyl (C=O) groups is 2. The van der Waals surface area contributed by atoms with Gasteiger partial charge in [0, 0.05) is 12.0 Å². The first-order chi connectivity index (χ1) is 15.5. The molecule has 0 saturated heterocycles. The third kappa shape index (κ3) is 7.42. The molecule has 1 fully saturated rings. The maximum absolute atomic E-state index is 12.4. The molecule has 9 nitrogen and oxygen atoms in total. The molecule has 1 aromatic heterocycles. The zero-order chi connectivity index (χ0) is 22.8. The van der Waals surface area contributed by atoms with Gasteiger partial charge in [0.25, 0.3) is 5.91 Å². The van der Waals surface area contributed by atoms with Crippen molar-refractivity contribution >= 4 is 18.1 Å². The molecule has 0 aliphatic heterocycles. The van der Waals surface area contributed by atoms with Crippen LogP contribution in [-0.4, -0.2) is 38.5 Å². The first kappa shape index (κ1) is 22.8. The van der Waals surface area contributed by atoms with E-state index in [2.05, 4.69) is 15.5 Å². The SMILES string of the molecule is O=C(Nc1nc(Cc2ccccc2)no1)c1ccc(OC2CCCCC2)cc1.O=C(O)O. The zero-order valence-electron chi connectivity index (χ0n) is 17.4.